The lowest BCUT2D eigenvalue weighted by atomic mass is 10.1. The maximum absolute atomic E-state index is 9.35. The van der Waals surface area contributed by atoms with Crippen LogP contribution in [0.5, 0.6) is 0 Å². The smallest absolute Gasteiger partial charge is 0.109 e. The number of imidazole rings is 1. The van der Waals surface area contributed by atoms with Crippen molar-refractivity contribution in [2.75, 3.05) is 13.2 Å². The molecule has 2 N–H and O–H groups in total. The highest BCUT2D eigenvalue weighted by molar-refractivity contribution is 5.13. The third-order valence-electron chi connectivity index (χ3n) is 3.79. The van der Waals surface area contributed by atoms with E-state index in [-0.39, 0.29) is 12.6 Å². The number of nitrogens with zero attached hydrogens (tertiary/aromatic N) is 2. The molecule has 0 aromatic carbocycles. The lowest BCUT2D eigenvalue weighted by molar-refractivity contribution is 0.206. The van der Waals surface area contributed by atoms with E-state index in [1.54, 1.807) is 0 Å². The summed E-state index contributed by atoms with van der Waals surface area (Å²) in [5, 5.41) is 12.8. The van der Waals surface area contributed by atoms with Crippen LogP contribution in [-0.2, 0) is 6.42 Å². The minimum atomic E-state index is 0.237. The van der Waals surface area contributed by atoms with Gasteiger partial charge in [0.25, 0.3) is 0 Å². The largest absolute Gasteiger partial charge is 0.394 e. The standard InChI is InChI=1S/C12H19N3O/c16-8-9-3-1-5-12-14-11(7-15(9)12)10-4-2-6-13-10/h7,9-10,13,16H,1-6,8H2. The molecule has 0 spiro atoms. The van der Waals surface area contributed by atoms with Crippen LogP contribution >= 0.6 is 0 Å². The molecule has 1 fully saturated rings. The van der Waals surface area contributed by atoms with Crippen molar-refractivity contribution in [3.8, 4) is 0 Å². The first-order valence-electron chi connectivity index (χ1n) is 6.30. The molecule has 3 heterocycles. The van der Waals surface area contributed by atoms with Gasteiger partial charge in [-0.05, 0) is 32.2 Å². The summed E-state index contributed by atoms with van der Waals surface area (Å²) >= 11 is 0. The Morgan fingerprint density at radius 2 is 2.38 bits per heavy atom. The van der Waals surface area contributed by atoms with Gasteiger partial charge in [0.15, 0.2) is 0 Å². The summed E-state index contributed by atoms with van der Waals surface area (Å²) in [5.74, 6) is 1.16. The van der Waals surface area contributed by atoms with Crippen molar-refractivity contribution < 1.29 is 5.11 Å². The second kappa shape index (κ2) is 4.18. The average Bonchev–Trinajstić information content (AvgIpc) is 2.96. The van der Waals surface area contributed by atoms with E-state index in [2.05, 4.69) is 16.1 Å². The first kappa shape index (κ1) is 10.3. The van der Waals surface area contributed by atoms with E-state index in [0.29, 0.717) is 6.04 Å². The number of aliphatic hydroxyl groups is 1. The Hall–Kier alpha value is -0.870. The number of aromatic nitrogens is 2. The van der Waals surface area contributed by atoms with Crippen molar-refractivity contribution in [1.82, 2.24) is 14.9 Å². The molecular formula is C12H19N3O. The molecule has 2 aliphatic heterocycles. The molecule has 4 nitrogen and oxygen atoms in total. The van der Waals surface area contributed by atoms with E-state index >= 15 is 0 Å². The van der Waals surface area contributed by atoms with Gasteiger partial charge in [0.1, 0.15) is 5.82 Å². The first-order chi connectivity index (χ1) is 7.88. The maximum atomic E-state index is 9.35. The van der Waals surface area contributed by atoms with Gasteiger partial charge in [-0.2, -0.15) is 0 Å². The zero-order valence-electron chi connectivity index (χ0n) is 9.52. The molecule has 2 unspecified atom stereocenters. The predicted octanol–water partition coefficient (Wildman–Crippen LogP) is 1.18. The summed E-state index contributed by atoms with van der Waals surface area (Å²) in [4.78, 5) is 4.72. The number of rotatable bonds is 2. The van der Waals surface area contributed by atoms with Crippen LogP contribution < -0.4 is 5.32 Å². The minimum Gasteiger partial charge on any atom is -0.394 e. The van der Waals surface area contributed by atoms with Crippen LogP contribution in [0, 0.1) is 0 Å². The van der Waals surface area contributed by atoms with Crippen molar-refractivity contribution >= 4 is 0 Å². The Morgan fingerprint density at radius 1 is 1.44 bits per heavy atom. The molecule has 0 radical (unpaired) electrons. The van der Waals surface area contributed by atoms with Crippen molar-refractivity contribution in [3.63, 3.8) is 0 Å². The Morgan fingerprint density at radius 3 is 3.12 bits per heavy atom. The normalized spacial score (nSPS) is 29.3. The van der Waals surface area contributed by atoms with E-state index in [0.717, 1.165) is 31.6 Å². The topological polar surface area (TPSA) is 50.1 Å². The predicted molar refractivity (Wildman–Crippen MR) is 61.3 cm³/mol. The Kier molecular flexibility index (Phi) is 2.69. The van der Waals surface area contributed by atoms with E-state index < -0.39 is 0 Å². The summed E-state index contributed by atoms with van der Waals surface area (Å²) in [7, 11) is 0. The molecule has 2 atom stereocenters. The number of hydrogen-bond donors (Lipinski definition) is 2. The van der Waals surface area contributed by atoms with Gasteiger partial charge in [0.05, 0.1) is 24.4 Å². The van der Waals surface area contributed by atoms with Gasteiger partial charge in [0.2, 0.25) is 0 Å². The maximum Gasteiger partial charge on any atom is 0.109 e. The van der Waals surface area contributed by atoms with Gasteiger partial charge < -0.3 is 15.0 Å². The van der Waals surface area contributed by atoms with Crippen molar-refractivity contribution in [2.45, 2.75) is 44.2 Å². The van der Waals surface area contributed by atoms with Crippen LogP contribution in [0.2, 0.25) is 0 Å². The summed E-state index contributed by atoms with van der Waals surface area (Å²) < 4.78 is 2.19. The van der Waals surface area contributed by atoms with Gasteiger partial charge in [0, 0.05) is 12.6 Å². The van der Waals surface area contributed by atoms with E-state index in [1.165, 1.54) is 18.5 Å². The molecule has 0 amide bonds. The number of hydrogen-bond acceptors (Lipinski definition) is 3. The van der Waals surface area contributed by atoms with Gasteiger partial charge in [-0.15, -0.1) is 0 Å². The second-order valence-electron chi connectivity index (χ2n) is 4.87. The molecule has 4 heteroatoms. The molecule has 16 heavy (non-hydrogen) atoms. The zero-order valence-corrected chi connectivity index (χ0v) is 9.52. The molecule has 2 aliphatic rings. The molecule has 0 saturated carbocycles. The fourth-order valence-electron chi connectivity index (χ4n) is 2.87. The monoisotopic (exact) mass is 221 g/mol. The average molecular weight is 221 g/mol. The van der Waals surface area contributed by atoms with Crippen LogP contribution in [0.25, 0.3) is 0 Å². The Labute approximate surface area is 95.7 Å². The highest BCUT2D eigenvalue weighted by atomic mass is 16.3. The van der Waals surface area contributed by atoms with Crippen LogP contribution in [0.15, 0.2) is 6.20 Å². The third-order valence-corrected chi connectivity index (χ3v) is 3.79. The lowest BCUT2D eigenvalue weighted by Gasteiger charge is -2.22. The van der Waals surface area contributed by atoms with Crippen molar-refractivity contribution in [1.29, 1.82) is 0 Å². The number of aryl methyl sites for hydroxylation is 1. The first-order valence-corrected chi connectivity index (χ1v) is 6.30. The van der Waals surface area contributed by atoms with Crippen molar-refractivity contribution in [3.05, 3.63) is 17.7 Å². The molecular weight excluding hydrogens is 202 g/mol. The highest BCUT2D eigenvalue weighted by Crippen LogP contribution is 2.28. The summed E-state index contributed by atoms with van der Waals surface area (Å²) in [6.45, 7) is 1.34. The second-order valence-corrected chi connectivity index (χ2v) is 4.87. The van der Waals surface area contributed by atoms with Gasteiger partial charge in [-0.25, -0.2) is 4.98 Å². The van der Waals surface area contributed by atoms with Gasteiger partial charge in [-0.3, -0.25) is 0 Å². The number of fused-ring (bicyclic) bond motifs is 1. The van der Waals surface area contributed by atoms with E-state index in [1.807, 2.05) is 0 Å². The Bertz CT molecular complexity index is 368. The summed E-state index contributed by atoms with van der Waals surface area (Å²) in [6.07, 6.45) is 7.88. The number of nitrogens with one attached hydrogen (secondary N) is 1. The zero-order chi connectivity index (χ0) is 11.0. The third kappa shape index (κ3) is 1.66. The molecule has 1 aromatic heterocycles. The van der Waals surface area contributed by atoms with Gasteiger partial charge in [-0.1, -0.05) is 0 Å². The van der Waals surface area contributed by atoms with E-state index in [9.17, 15) is 5.11 Å². The molecule has 3 rings (SSSR count). The lowest BCUT2D eigenvalue weighted by Crippen LogP contribution is -2.20. The summed E-state index contributed by atoms with van der Waals surface area (Å²) in [5.41, 5.74) is 1.17. The Balaban J connectivity index is 1.89. The quantitative estimate of drug-likeness (QED) is 0.788. The van der Waals surface area contributed by atoms with Crippen molar-refractivity contribution in [2.24, 2.45) is 0 Å². The summed E-state index contributed by atoms with van der Waals surface area (Å²) in [6, 6.07) is 0.698. The van der Waals surface area contributed by atoms with Gasteiger partial charge >= 0.3 is 0 Å². The van der Waals surface area contributed by atoms with Crippen LogP contribution in [0.4, 0.5) is 0 Å². The number of aliphatic hydroxyl groups excluding tert-OH is 1. The molecule has 88 valence electrons. The SMILES string of the molecule is OCC1CCCc2nc(C3CCCN3)cn21. The molecule has 1 aromatic rings. The van der Waals surface area contributed by atoms with E-state index in [4.69, 9.17) is 4.98 Å². The minimum absolute atomic E-state index is 0.237. The molecule has 1 saturated heterocycles. The van der Waals surface area contributed by atoms with Crippen LogP contribution in [0.1, 0.15) is 49.3 Å². The molecule has 0 aliphatic carbocycles. The highest BCUT2D eigenvalue weighted by Gasteiger charge is 2.25. The fraction of sp³-hybridized carbons (Fsp3) is 0.750. The van der Waals surface area contributed by atoms with Crippen LogP contribution in [0.3, 0.4) is 0 Å². The molecule has 0 bridgehead atoms. The fourth-order valence-corrected chi connectivity index (χ4v) is 2.87. The van der Waals surface area contributed by atoms with Crippen LogP contribution in [-0.4, -0.2) is 27.8 Å².